The lowest BCUT2D eigenvalue weighted by Crippen LogP contribution is -2.37. The Balaban J connectivity index is 2.62. The van der Waals surface area contributed by atoms with Gasteiger partial charge in [-0.25, -0.2) is 0 Å². The number of carboxylic acids is 1. The Labute approximate surface area is 133 Å². The summed E-state index contributed by atoms with van der Waals surface area (Å²) >= 11 is 11.8. The van der Waals surface area contributed by atoms with Gasteiger partial charge in [0.25, 0.3) is 0 Å². The highest BCUT2D eigenvalue weighted by Gasteiger charge is 2.17. The highest BCUT2D eigenvalue weighted by atomic mass is 35.5. The number of carbonyl (C=O) groups excluding carboxylic acids is 1. The minimum absolute atomic E-state index is 0.0942. The summed E-state index contributed by atoms with van der Waals surface area (Å²) in [6.45, 7) is 4.46. The highest BCUT2D eigenvalue weighted by Crippen LogP contribution is 2.25. The van der Waals surface area contributed by atoms with Gasteiger partial charge in [-0.1, -0.05) is 37.0 Å². The zero-order valence-corrected chi connectivity index (χ0v) is 13.4. The van der Waals surface area contributed by atoms with Crippen LogP contribution in [0.1, 0.15) is 13.8 Å². The molecule has 0 spiro atoms. The Bertz CT molecular complexity index is 523. The first-order valence-electron chi connectivity index (χ1n) is 6.53. The van der Waals surface area contributed by atoms with Gasteiger partial charge in [0.2, 0.25) is 5.91 Å². The van der Waals surface area contributed by atoms with Crippen LogP contribution in [0.25, 0.3) is 0 Å². The largest absolute Gasteiger partial charge is 0.481 e. The highest BCUT2D eigenvalue weighted by molar-refractivity contribution is 6.35. The van der Waals surface area contributed by atoms with E-state index < -0.39 is 11.9 Å². The van der Waals surface area contributed by atoms with Crippen molar-refractivity contribution in [2.24, 2.45) is 5.92 Å². The number of benzene rings is 1. The molecule has 0 bridgehead atoms. The first-order valence-corrected chi connectivity index (χ1v) is 7.29. The molecule has 0 saturated heterocycles. The van der Waals surface area contributed by atoms with Crippen molar-refractivity contribution in [3.05, 3.63) is 28.2 Å². The van der Waals surface area contributed by atoms with E-state index in [0.29, 0.717) is 28.8 Å². The van der Waals surface area contributed by atoms with E-state index in [1.54, 1.807) is 30.0 Å². The second kappa shape index (κ2) is 8.22. The van der Waals surface area contributed by atoms with Gasteiger partial charge in [-0.05, 0) is 24.7 Å². The minimum atomic E-state index is -0.883. The van der Waals surface area contributed by atoms with Gasteiger partial charge in [0, 0.05) is 11.6 Å². The Morgan fingerprint density at radius 2 is 2.05 bits per heavy atom. The summed E-state index contributed by atoms with van der Waals surface area (Å²) < 4.78 is 0. The predicted molar refractivity (Wildman–Crippen MR) is 84.0 cm³/mol. The summed E-state index contributed by atoms with van der Waals surface area (Å²) in [4.78, 5) is 24.6. The number of nitrogens with zero attached hydrogens (tertiary/aromatic N) is 1. The molecule has 1 amide bonds. The molecule has 0 aliphatic rings. The average molecular weight is 333 g/mol. The van der Waals surface area contributed by atoms with Gasteiger partial charge in [-0.15, -0.1) is 0 Å². The minimum Gasteiger partial charge on any atom is -0.481 e. The maximum absolute atomic E-state index is 12.0. The Morgan fingerprint density at radius 3 is 2.62 bits per heavy atom. The average Bonchev–Trinajstić information content (AvgIpc) is 2.41. The van der Waals surface area contributed by atoms with Gasteiger partial charge in [-0.3, -0.25) is 14.5 Å². The van der Waals surface area contributed by atoms with E-state index in [0.717, 1.165) is 0 Å². The Kier molecular flexibility index (Phi) is 6.95. The van der Waals surface area contributed by atoms with Crippen LogP contribution in [-0.4, -0.2) is 41.5 Å². The first-order chi connectivity index (χ1) is 9.83. The Hall–Kier alpha value is -1.30. The maximum atomic E-state index is 12.0. The topological polar surface area (TPSA) is 69.6 Å². The third kappa shape index (κ3) is 5.91. The van der Waals surface area contributed by atoms with Crippen LogP contribution in [0.3, 0.4) is 0 Å². The zero-order valence-electron chi connectivity index (χ0n) is 11.9. The number of anilines is 1. The number of amides is 1. The molecule has 0 saturated carbocycles. The van der Waals surface area contributed by atoms with E-state index in [4.69, 9.17) is 28.3 Å². The molecule has 1 rings (SSSR count). The molecule has 2 N–H and O–H groups in total. The lowest BCUT2D eigenvalue weighted by atomic mass is 10.1. The van der Waals surface area contributed by atoms with Crippen molar-refractivity contribution in [3.8, 4) is 0 Å². The molecule has 0 radical (unpaired) electrons. The number of nitrogens with one attached hydrogen (secondary N) is 1. The second-order valence-corrected chi connectivity index (χ2v) is 5.58. The molecule has 1 unspecified atom stereocenters. The molecule has 1 aromatic carbocycles. The van der Waals surface area contributed by atoms with Gasteiger partial charge in [0.05, 0.1) is 23.2 Å². The second-order valence-electron chi connectivity index (χ2n) is 4.74. The van der Waals surface area contributed by atoms with Gasteiger partial charge in [-0.2, -0.15) is 0 Å². The summed E-state index contributed by atoms with van der Waals surface area (Å²) in [5.74, 6) is -1.68. The molecular formula is C14H18Cl2N2O3. The summed E-state index contributed by atoms with van der Waals surface area (Å²) in [6.07, 6.45) is 0. The van der Waals surface area contributed by atoms with Gasteiger partial charge >= 0.3 is 5.97 Å². The molecule has 21 heavy (non-hydrogen) atoms. The molecule has 0 aromatic heterocycles. The monoisotopic (exact) mass is 332 g/mol. The van der Waals surface area contributed by atoms with Crippen molar-refractivity contribution < 1.29 is 14.7 Å². The number of halogens is 2. The molecule has 0 aliphatic carbocycles. The Morgan fingerprint density at radius 1 is 1.38 bits per heavy atom. The fourth-order valence-corrected chi connectivity index (χ4v) is 2.09. The number of likely N-dealkylation sites (N-methyl/N-ethyl adjacent to an activating group) is 1. The molecule has 0 heterocycles. The molecule has 1 aromatic rings. The quantitative estimate of drug-likeness (QED) is 0.805. The van der Waals surface area contributed by atoms with Crippen LogP contribution in [-0.2, 0) is 9.59 Å². The number of carbonyl (C=O) groups is 2. The van der Waals surface area contributed by atoms with Gasteiger partial charge in [0.1, 0.15) is 0 Å². The number of rotatable bonds is 7. The van der Waals surface area contributed by atoms with Gasteiger partial charge < -0.3 is 10.4 Å². The molecule has 116 valence electrons. The maximum Gasteiger partial charge on any atom is 0.307 e. The van der Waals surface area contributed by atoms with E-state index in [1.807, 2.05) is 6.92 Å². The molecule has 1 atom stereocenters. The van der Waals surface area contributed by atoms with Crippen molar-refractivity contribution in [2.75, 3.05) is 25.0 Å². The SMILES string of the molecule is CCN(CC(=O)Nc1cc(Cl)ccc1Cl)CC(C)C(=O)O. The van der Waals surface area contributed by atoms with Crippen molar-refractivity contribution in [1.82, 2.24) is 4.90 Å². The van der Waals surface area contributed by atoms with Crippen LogP contribution in [0.2, 0.25) is 10.0 Å². The predicted octanol–water partition coefficient (Wildman–Crippen LogP) is 2.97. The zero-order chi connectivity index (χ0) is 16.0. The summed E-state index contributed by atoms with van der Waals surface area (Å²) in [6, 6.07) is 4.80. The number of carboxylic acid groups (broad SMARTS) is 1. The van der Waals surface area contributed by atoms with Crippen molar-refractivity contribution in [3.63, 3.8) is 0 Å². The van der Waals surface area contributed by atoms with Crippen molar-refractivity contribution >= 4 is 40.8 Å². The fraction of sp³-hybridized carbons (Fsp3) is 0.429. The van der Waals surface area contributed by atoms with Crippen LogP contribution < -0.4 is 5.32 Å². The third-order valence-electron chi connectivity index (χ3n) is 2.97. The van der Waals surface area contributed by atoms with E-state index in [9.17, 15) is 9.59 Å². The van der Waals surface area contributed by atoms with Crippen molar-refractivity contribution in [2.45, 2.75) is 13.8 Å². The number of hydrogen-bond acceptors (Lipinski definition) is 3. The fourth-order valence-electron chi connectivity index (χ4n) is 1.76. The van der Waals surface area contributed by atoms with Gasteiger partial charge in [0.15, 0.2) is 0 Å². The lowest BCUT2D eigenvalue weighted by molar-refractivity contribution is -0.142. The lowest BCUT2D eigenvalue weighted by Gasteiger charge is -2.22. The normalized spacial score (nSPS) is 12.2. The molecule has 0 fully saturated rings. The van der Waals surface area contributed by atoms with Crippen LogP contribution in [0.4, 0.5) is 5.69 Å². The standard InChI is InChI=1S/C14H18Cl2N2O3/c1-3-18(7-9(2)14(20)21)8-13(19)17-12-6-10(15)4-5-11(12)16/h4-6,9H,3,7-8H2,1-2H3,(H,17,19)(H,20,21). The van der Waals surface area contributed by atoms with E-state index in [-0.39, 0.29) is 12.5 Å². The summed E-state index contributed by atoms with van der Waals surface area (Å²) in [7, 11) is 0. The van der Waals surface area contributed by atoms with Crippen molar-refractivity contribution in [1.29, 1.82) is 0 Å². The molecule has 0 aliphatic heterocycles. The van der Waals surface area contributed by atoms with E-state index >= 15 is 0 Å². The number of hydrogen-bond donors (Lipinski definition) is 2. The van der Waals surface area contributed by atoms with Crippen LogP contribution >= 0.6 is 23.2 Å². The molecular weight excluding hydrogens is 315 g/mol. The van der Waals surface area contributed by atoms with E-state index in [2.05, 4.69) is 5.32 Å². The first kappa shape index (κ1) is 17.8. The summed E-state index contributed by atoms with van der Waals surface area (Å²) in [5.41, 5.74) is 0.441. The van der Waals surface area contributed by atoms with Crippen LogP contribution in [0, 0.1) is 5.92 Å². The molecule has 5 nitrogen and oxygen atoms in total. The summed E-state index contributed by atoms with van der Waals surface area (Å²) in [5, 5.41) is 12.4. The number of aliphatic carboxylic acids is 1. The smallest absolute Gasteiger partial charge is 0.307 e. The molecule has 7 heteroatoms. The third-order valence-corrected chi connectivity index (χ3v) is 3.54. The van der Waals surface area contributed by atoms with Crippen LogP contribution in [0.15, 0.2) is 18.2 Å². The van der Waals surface area contributed by atoms with Crippen LogP contribution in [0.5, 0.6) is 0 Å². The van der Waals surface area contributed by atoms with E-state index in [1.165, 1.54) is 0 Å².